The number of carbonyl (C=O) groups is 1. The zero-order valence-electron chi connectivity index (χ0n) is 9.07. The van der Waals surface area contributed by atoms with Crippen molar-refractivity contribution < 1.29 is 9.53 Å². The molecule has 0 saturated heterocycles. The Morgan fingerprint density at radius 3 is 2.50 bits per heavy atom. The van der Waals surface area contributed by atoms with Crippen LogP contribution in [0.1, 0.15) is 13.8 Å². The number of nitrogens with two attached hydrogens (primary N) is 1. The molecule has 0 saturated carbocycles. The zero-order valence-corrected chi connectivity index (χ0v) is 9.07. The lowest BCUT2D eigenvalue weighted by Crippen LogP contribution is -2.59. The van der Waals surface area contributed by atoms with Crippen LogP contribution in [-0.4, -0.2) is 43.1 Å². The Bertz CT molecular complexity index is 275. The summed E-state index contributed by atoms with van der Waals surface area (Å²) in [6.07, 6.45) is 0. The Hall–Kier alpha value is -1.10. The van der Waals surface area contributed by atoms with E-state index in [0.717, 1.165) is 0 Å². The molecule has 80 valence electrons. The van der Waals surface area contributed by atoms with E-state index in [2.05, 4.69) is 4.99 Å². The number of carbonyl (C=O) groups excluding carboxylic acids is 1. The third-order valence-electron chi connectivity index (χ3n) is 2.86. The van der Waals surface area contributed by atoms with Crippen molar-refractivity contribution in [2.75, 3.05) is 20.8 Å². The summed E-state index contributed by atoms with van der Waals surface area (Å²) < 4.78 is 5.12. The molecule has 0 radical (unpaired) electrons. The maximum absolute atomic E-state index is 11.4. The van der Waals surface area contributed by atoms with E-state index in [1.807, 2.05) is 13.8 Å². The van der Waals surface area contributed by atoms with Gasteiger partial charge in [-0.15, -0.1) is 0 Å². The first-order valence-corrected chi connectivity index (χ1v) is 4.58. The molecule has 0 bridgehead atoms. The number of amidine groups is 1. The second kappa shape index (κ2) is 3.57. The molecule has 5 nitrogen and oxygen atoms in total. The van der Waals surface area contributed by atoms with Crippen molar-refractivity contribution in [3.05, 3.63) is 0 Å². The first-order chi connectivity index (χ1) is 6.46. The molecule has 1 rings (SSSR count). The van der Waals surface area contributed by atoms with Crippen LogP contribution in [0.2, 0.25) is 0 Å². The van der Waals surface area contributed by atoms with Gasteiger partial charge in [-0.05, 0) is 5.92 Å². The molecule has 5 heteroatoms. The van der Waals surface area contributed by atoms with Crippen LogP contribution < -0.4 is 5.73 Å². The van der Waals surface area contributed by atoms with Crippen LogP contribution in [0, 0.1) is 5.92 Å². The summed E-state index contributed by atoms with van der Waals surface area (Å²) in [7, 11) is 3.29. The van der Waals surface area contributed by atoms with Gasteiger partial charge >= 0.3 is 6.03 Å². The summed E-state index contributed by atoms with van der Waals surface area (Å²) >= 11 is 0. The fourth-order valence-corrected chi connectivity index (χ4v) is 1.86. The van der Waals surface area contributed by atoms with Gasteiger partial charge in [-0.2, -0.15) is 4.99 Å². The number of amides is 2. The van der Waals surface area contributed by atoms with Crippen molar-refractivity contribution in [3.8, 4) is 0 Å². The number of methoxy groups -OCH3 is 1. The quantitative estimate of drug-likeness (QED) is 0.717. The van der Waals surface area contributed by atoms with Gasteiger partial charge in [0, 0.05) is 14.2 Å². The molecule has 0 fully saturated rings. The molecule has 0 aromatic rings. The van der Waals surface area contributed by atoms with Crippen molar-refractivity contribution in [2.45, 2.75) is 19.4 Å². The molecule has 0 spiro atoms. The van der Waals surface area contributed by atoms with Crippen LogP contribution >= 0.6 is 0 Å². The molecule has 1 unspecified atom stereocenters. The minimum Gasteiger partial charge on any atom is -0.385 e. The minimum absolute atomic E-state index is 0.169. The highest BCUT2D eigenvalue weighted by atomic mass is 16.5. The lowest BCUT2D eigenvalue weighted by atomic mass is 9.85. The van der Waals surface area contributed by atoms with Gasteiger partial charge in [0.15, 0.2) is 0 Å². The number of hydrogen-bond donors (Lipinski definition) is 1. The molecule has 0 aromatic carbocycles. The van der Waals surface area contributed by atoms with Gasteiger partial charge in [0.1, 0.15) is 11.4 Å². The van der Waals surface area contributed by atoms with Gasteiger partial charge in [-0.25, -0.2) is 4.79 Å². The molecule has 1 heterocycles. The number of nitrogens with zero attached hydrogens (tertiary/aromatic N) is 2. The number of likely N-dealkylation sites (N-methyl/N-ethyl adjacent to an activating group) is 1. The Balaban J connectivity index is 3.09. The van der Waals surface area contributed by atoms with Gasteiger partial charge in [0.25, 0.3) is 0 Å². The second-order valence-electron chi connectivity index (χ2n) is 3.85. The average molecular weight is 199 g/mol. The first kappa shape index (κ1) is 11.0. The topological polar surface area (TPSA) is 67.9 Å². The largest absolute Gasteiger partial charge is 0.385 e. The lowest BCUT2D eigenvalue weighted by Gasteiger charge is -2.38. The van der Waals surface area contributed by atoms with E-state index < -0.39 is 5.54 Å². The number of ether oxygens (including phenoxy) is 1. The molecular formula is C9H17N3O2. The van der Waals surface area contributed by atoms with Crippen molar-refractivity contribution in [1.29, 1.82) is 0 Å². The average Bonchev–Trinajstić information content (AvgIpc) is 2.30. The van der Waals surface area contributed by atoms with Gasteiger partial charge in [0.05, 0.1) is 6.61 Å². The summed E-state index contributed by atoms with van der Waals surface area (Å²) in [5.41, 5.74) is 5.21. The van der Waals surface area contributed by atoms with E-state index in [4.69, 9.17) is 10.5 Å². The number of rotatable bonds is 3. The van der Waals surface area contributed by atoms with Crippen molar-refractivity contribution in [2.24, 2.45) is 16.6 Å². The lowest BCUT2D eigenvalue weighted by molar-refractivity contribution is 0.0684. The monoisotopic (exact) mass is 199 g/mol. The molecular weight excluding hydrogens is 182 g/mol. The summed E-state index contributed by atoms with van der Waals surface area (Å²) in [5, 5.41) is 0. The van der Waals surface area contributed by atoms with Crippen molar-refractivity contribution in [3.63, 3.8) is 0 Å². The maximum atomic E-state index is 11.4. The SMILES string of the molecule is COCC1(C(C)C)C(N)=NC(=O)N1C. The van der Waals surface area contributed by atoms with Crippen molar-refractivity contribution >= 4 is 11.9 Å². The van der Waals surface area contributed by atoms with Crippen LogP contribution in [0.15, 0.2) is 4.99 Å². The van der Waals surface area contributed by atoms with E-state index in [-0.39, 0.29) is 11.9 Å². The van der Waals surface area contributed by atoms with Gasteiger partial charge < -0.3 is 15.4 Å². The standard InChI is InChI=1S/C9H17N3O2/c1-6(2)9(5-14-4)7(10)11-8(13)12(9)3/h6H,5H2,1-4H3,(H2,10,11,13). The smallest absolute Gasteiger partial charge is 0.345 e. The number of hydrogen-bond acceptors (Lipinski definition) is 3. The molecule has 1 aliphatic rings. The fraction of sp³-hybridized carbons (Fsp3) is 0.778. The predicted molar refractivity (Wildman–Crippen MR) is 54.2 cm³/mol. The van der Waals surface area contributed by atoms with E-state index >= 15 is 0 Å². The summed E-state index contributed by atoms with van der Waals surface area (Å²) in [5.74, 6) is 0.518. The first-order valence-electron chi connectivity index (χ1n) is 4.58. The molecule has 1 aliphatic heterocycles. The van der Waals surface area contributed by atoms with Gasteiger partial charge in [-0.3, -0.25) is 0 Å². The maximum Gasteiger partial charge on any atom is 0.345 e. The normalized spacial score (nSPS) is 27.4. The summed E-state index contributed by atoms with van der Waals surface area (Å²) in [6, 6.07) is -0.298. The molecule has 2 N–H and O–H groups in total. The third-order valence-corrected chi connectivity index (χ3v) is 2.86. The Labute approximate surface area is 83.9 Å². The molecule has 14 heavy (non-hydrogen) atoms. The van der Waals surface area contributed by atoms with Crippen LogP contribution in [0.25, 0.3) is 0 Å². The number of urea groups is 1. The second-order valence-corrected chi connectivity index (χ2v) is 3.85. The van der Waals surface area contributed by atoms with Crippen LogP contribution in [0.5, 0.6) is 0 Å². The zero-order chi connectivity index (χ0) is 10.9. The molecule has 1 atom stereocenters. The molecule has 0 aromatic heterocycles. The van der Waals surface area contributed by atoms with Gasteiger partial charge in [0.2, 0.25) is 0 Å². The highest BCUT2D eigenvalue weighted by molar-refractivity contribution is 6.06. The highest BCUT2D eigenvalue weighted by Crippen LogP contribution is 2.29. The van der Waals surface area contributed by atoms with E-state index in [1.54, 1.807) is 19.1 Å². The fourth-order valence-electron chi connectivity index (χ4n) is 1.86. The van der Waals surface area contributed by atoms with Crippen LogP contribution in [0.3, 0.4) is 0 Å². The Morgan fingerprint density at radius 2 is 2.21 bits per heavy atom. The van der Waals surface area contributed by atoms with Crippen LogP contribution in [0.4, 0.5) is 4.79 Å². The summed E-state index contributed by atoms with van der Waals surface area (Å²) in [6.45, 7) is 4.37. The molecule has 0 aliphatic carbocycles. The third kappa shape index (κ3) is 1.28. The van der Waals surface area contributed by atoms with Gasteiger partial charge in [-0.1, -0.05) is 13.8 Å². The summed E-state index contributed by atoms with van der Waals surface area (Å²) in [4.78, 5) is 16.7. The number of aliphatic imine (C=N–C) groups is 1. The van der Waals surface area contributed by atoms with Crippen molar-refractivity contribution in [1.82, 2.24) is 4.90 Å². The Kier molecular flexibility index (Phi) is 2.80. The minimum atomic E-state index is -0.578. The highest BCUT2D eigenvalue weighted by Gasteiger charge is 2.48. The van der Waals surface area contributed by atoms with E-state index in [9.17, 15) is 4.79 Å². The van der Waals surface area contributed by atoms with E-state index in [1.165, 1.54) is 0 Å². The Morgan fingerprint density at radius 1 is 1.64 bits per heavy atom. The molecule has 2 amide bonds. The van der Waals surface area contributed by atoms with Crippen LogP contribution in [-0.2, 0) is 4.74 Å². The predicted octanol–water partition coefficient (Wildman–Crippen LogP) is 0.450. The van der Waals surface area contributed by atoms with E-state index in [0.29, 0.717) is 12.4 Å².